The molecule has 0 radical (unpaired) electrons. The van der Waals surface area contributed by atoms with Crippen LogP contribution in [0.15, 0.2) is 29.3 Å². The minimum atomic E-state index is 0.0688. The number of methoxy groups -OCH3 is 1. The number of hydrogen-bond acceptors (Lipinski definition) is 4. The summed E-state index contributed by atoms with van der Waals surface area (Å²) in [5.74, 6) is 0.773. The Hall–Kier alpha value is -1.63. The number of hydrogen-bond donors (Lipinski definition) is 2. The molecule has 2 rings (SSSR count). The molecule has 0 spiro atoms. The van der Waals surface area contributed by atoms with Gasteiger partial charge in [-0.05, 0) is 29.4 Å². The lowest BCUT2D eigenvalue weighted by molar-refractivity contribution is -0.0390. The Morgan fingerprint density at radius 2 is 1.93 bits per heavy atom. The van der Waals surface area contributed by atoms with Crippen LogP contribution in [-0.2, 0) is 27.4 Å². The van der Waals surface area contributed by atoms with E-state index in [1.54, 1.807) is 14.2 Å². The number of guanidine groups is 1. The molecule has 2 N–H and O–H groups in total. The van der Waals surface area contributed by atoms with E-state index in [4.69, 9.17) is 14.2 Å². The van der Waals surface area contributed by atoms with Crippen molar-refractivity contribution in [1.29, 1.82) is 0 Å². The summed E-state index contributed by atoms with van der Waals surface area (Å²) in [4.78, 5) is 4.31. The van der Waals surface area contributed by atoms with Crippen molar-refractivity contribution in [2.45, 2.75) is 59.0 Å². The first-order valence-corrected chi connectivity index (χ1v) is 10.2. The molecule has 0 bridgehead atoms. The lowest BCUT2D eigenvalue weighted by Gasteiger charge is -2.30. The molecule has 158 valence electrons. The number of aliphatic imine (C=N–C) groups is 1. The van der Waals surface area contributed by atoms with Crippen molar-refractivity contribution < 1.29 is 14.2 Å². The van der Waals surface area contributed by atoms with Crippen LogP contribution >= 0.6 is 0 Å². The monoisotopic (exact) mass is 391 g/mol. The molecule has 1 aromatic carbocycles. The molecular formula is C22H37N3O3. The van der Waals surface area contributed by atoms with E-state index in [0.29, 0.717) is 25.8 Å². The molecule has 1 unspecified atom stereocenters. The summed E-state index contributed by atoms with van der Waals surface area (Å²) in [6.45, 7) is 10.2. The van der Waals surface area contributed by atoms with Crippen LogP contribution in [0, 0.1) is 5.41 Å². The predicted octanol–water partition coefficient (Wildman–Crippen LogP) is 3.11. The maximum absolute atomic E-state index is 6.03. The highest BCUT2D eigenvalue weighted by Crippen LogP contribution is 2.21. The van der Waals surface area contributed by atoms with Gasteiger partial charge in [-0.15, -0.1) is 0 Å². The van der Waals surface area contributed by atoms with Gasteiger partial charge in [0, 0.05) is 40.5 Å². The van der Waals surface area contributed by atoms with Crippen molar-refractivity contribution >= 4 is 5.96 Å². The molecule has 1 aromatic rings. The fraction of sp³-hybridized carbons (Fsp3) is 0.682. The maximum Gasteiger partial charge on any atom is 0.191 e. The van der Waals surface area contributed by atoms with Crippen LogP contribution in [0.3, 0.4) is 0 Å². The molecule has 1 aliphatic rings. The third-order valence-corrected chi connectivity index (χ3v) is 5.03. The molecule has 6 heteroatoms. The third-order valence-electron chi connectivity index (χ3n) is 5.03. The van der Waals surface area contributed by atoms with Gasteiger partial charge < -0.3 is 24.8 Å². The fourth-order valence-corrected chi connectivity index (χ4v) is 3.22. The second-order valence-corrected chi connectivity index (χ2v) is 8.34. The van der Waals surface area contributed by atoms with Gasteiger partial charge in [0.05, 0.1) is 18.8 Å². The minimum Gasteiger partial charge on any atom is -0.381 e. The Morgan fingerprint density at radius 1 is 1.21 bits per heavy atom. The Kier molecular flexibility index (Phi) is 9.22. The van der Waals surface area contributed by atoms with E-state index in [1.807, 2.05) is 0 Å². The summed E-state index contributed by atoms with van der Waals surface area (Å²) in [7, 11) is 3.54. The quantitative estimate of drug-likeness (QED) is 0.527. The number of ether oxygens (including phenoxy) is 3. The second kappa shape index (κ2) is 11.4. The first kappa shape index (κ1) is 22.7. The van der Waals surface area contributed by atoms with E-state index in [9.17, 15) is 0 Å². The predicted molar refractivity (Wildman–Crippen MR) is 114 cm³/mol. The zero-order valence-corrected chi connectivity index (χ0v) is 18.1. The second-order valence-electron chi connectivity index (χ2n) is 8.34. The molecular weight excluding hydrogens is 354 g/mol. The molecule has 28 heavy (non-hydrogen) atoms. The van der Waals surface area contributed by atoms with Gasteiger partial charge in [0.2, 0.25) is 0 Å². The van der Waals surface area contributed by atoms with Gasteiger partial charge in [-0.25, -0.2) is 0 Å². The average molecular weight is 392 g/mol. The zero-order valence-electron chi connectivity index (χ0n) is 18.1. The highest BCUT2D eigenvalue weighted by atomic mass is 16.5. The molecule has 1 heterocycles. The summed E-state index contributed by atoms with van der Waals surface area (Å²) in [5.41, 5.74) is 2.47. The van der Waals surface area contributed by atoms with Crippen molar-refractivity contribution in [3.63, 3.8) is 0 Å². The van der Waals surface area contributed by atoms with Crippen LogP contribution in [0.25, 0.3) is 0 Å². The van der Waals surface area contributed by atoms with Crippen molar-refractivity contribution in [3.8, 4) is 0 Å². The molecule has 1 aliphatic heterocycles. The largest absolute Gasteiger partial charge is 0.381 e. The van der Waals surface area contributed by atoms with Gasteiger partial charge in [0.1, 0.15) is 0 Å². The third kappa shape index (κ3) is 7.78. The van der Waals surface area contributed by atoms with Crippen LogP contribution in [0.5, 0.6) is 0 Å². The molecule has 0 aromatic heterocycles. The molecule has 1 saturated heterocycles. The van der Waals surface area contributed by atoms with E-state index in [1.165, 1.54) is 11.1 Å². The Labute approximate surface area is 170 Å². The molecule has 0 aliphatic carbocycles. The van der Waals surface area contributed by atoms with Crippen molar-refractivity contribution in [2.24, 2.45) is 10.4 Å². The average Bonchev–Trinajstić information content (AvgIpc) is 2.69. The summed E-state index contributed by atoms with van der Waals surface area (Å²) < 4.78 is 17.0. The van der Waals surface area contributed by atoms with Gasteiger partial charge in [-0.1, -0.05) is 45.0 Å². The van der Waals surface area contributed by atoms with Crippen LogP contribution in [0.4, 0.5) is 0 Å². The van der Waals surface area contributed by atoms with Crippen LogP contribution < -0.4 is 10.6 Å². The Bertz CT molecular complexity index is 607. The summed E-state index contributed by atoms with van der Waals surface area (Å²) in [6, 6.07) is 8.50. The van der Waals surface area contributed by atoms with Crippen LogP contribution in [0.2, 0.25) is 0 Å². The number of rotatable bonds is 8. The highest BCUT2D eigenvalue weighted by Gasteiger charge is 2.24. The van der Waals surface area contributed by atoms with E-state index in [2.05, 4.69) is 60.7 Å². The van der Waals surface area contributed by atoms with E-state index < -0.39 is 0 Å². The molecule has 0 amide bonds. The van der Waals surface area contributed by atoms with Gasteiger partial charge >= 0.3 is 0 Å². The van der Waals surface area contributed by atoms with Gasteiger partial charge in [-0.2, -0.15) is 0 Å². The smallest absolute Gasteiger partial charge is 0.191 e. The normalized spacial score (nSPS) is 17.4. The summed E-state index contributed by atoms with van der Waals surface area (Å²) >= 11 is 0. The van der Waals surface area contributed by atoms with Crippen molar-refractivity contribution in [2.75, 3.05) is 33.9 Å². The number of benzene rings is 1. The lowest BCUT2D eigenvalue weighted by atomic mass is 9.89. The van der Waals surface area contributed by atoms with E-state index >= 15 is 0 Å². The zero-order chi connectivity index (χ0) is 20.4. The summed E-state index contributed by atoms with van der Waals surface area (Å²) in [5, 5.41) is 6.73. The van der Waals surface area contributed by atoms with Crippen molar-refractivity contribution in [1.82, 2.24) is 10.6 Å². The van der Waals surface area contributed by atoms with Gasteiger partial charge in [0.15, 0.2) is 5.96 Å². The van der Waals surface area contributed by atoms with Crippen LogP contribution in [0.1, 0.15) is 44.7 Å². The SMILES string of the molecule is CN=C(NCc1cccc(COC2CCOCC2)c1)NCC(OC)C(C)(C)C. The first-order chi connectivity index (χ1) is 13.4. The van der Waals surface area contributed by atoms with Gasteiger partial charge in [-0.3, -0.25) is 4.99 Å². The number of nitrogens with one attached hydrogen (secondary N) is 2. The van der Waals surface area contributed by atoms with Gasteiger partial charge in [0.25, 0.3) is 0 Å². The highest BCUT2D eigenvalue weighted by molar-refractivity contribution is 5.79. The molecule has 1 fully saturated rings. The maximum atomic E-state index is 6.03. The molecule has 1 atom stereocenters. The van der Waals surface area contributed by atoms with E-state index in [0.717, 1.165) is 32.0 Å². The minimum absolute atomic E-state index is 0.0688. The van der Waals surface area contributed by atoms with Crippen LogP contribution in [-0.4, -0.2) is 52.1 Å². The molecule has 0 saturated carbocycles. The Balaban J connectivity index is 1.80. The van der Waals surface area contributed by atoms with E-state index in [-0.39, 0.29) is 11.5 Å². The standard InChI is InChI=1S/C22H37N3O3/c1-22(2,3)20(26-5)15-25-21(23-4)24-14-17-7-6-8-18(13-17)16-28-19-9-11-27-12-10-19/h6-8,13,19-20H,9-12,14-16H2,1-5H3,(H2,23,24,25). The van der Waals surface area contributed by atoms with Crippen molar-refractivity contribution in [3.05, 3.63) is 35.4 Å². The number of nitrogens with zero attached hydrogens (tertiary/aromatic N) is 1. The lowest BCUT2D eigenvalue weighted by Crippen LogP contribution is -2.45. The summed E-state index contributed by atoms with van der Waals surface area (Å²) in [6.07, 6.45) is 2.40. The topological polar surface area (TPSA) is 64.1 Å². The fourth-order valence-electron chi connectivity index (χ4n) is 3.22. The Morgan fingerprint density at radius 3 is 2.57 bits per heavy atom. The molecule has 6 nitrogen and oxygen atoms in total. The first-order valence-electron chi connectivity index (χ1n) is 10.2.